The Hall–Kier alpha value is -3.52. The van der Waals surface area contributed by atoms with Crippen molar-refractivity contribution in [3.05, 3.63) is 76.4 Å². The van der Waals surface area contributed by atoms with E-state index >= 15 is 0 Å². The van der Waals surface area contributed by atoms with E-state index in [-0.39, 0.29) is 5.92 Å². The molecule has 0 aliphatic rings. The van der Waals surface area contributed by atoms with Gasteiger partial charge in [0.05, 0.1) is 17.5 Å². The minimum atomic E-state index is -1.05. The lowest BCUT2D eigenvalue weighted by molar-refractivity contribution is -0.147. The van der Waals surface area contributed by atoms with Gasteiger partial charge in [0.15, 0.2) is 0 Å². The second kappa shape index (κ2) is 8.44. The van der Waals surface area contributed by atoms with Crippen LogP contribution in [-0.4, -0.2) is 35.6 Å². The van der Waals surface area contributed by atoms with Crippen LogP contribution in [0.15, 0.2) is 42.7 Å². The van der Waals surface area contributed by atoms with Crippen LogP contribution in [0.2, 0.25) is 0 Å². The van der Waals surface area contributed by atoms with E-state index in [1.807, 2.05) is 42.9 Å². The van der Waals surface area contributed by atoms with Crippen LogP contribution in [0.4, 0.5) is 0 Å². The van der Waals surface area contributed by atoms with Crippen molar-refractivity contribution in [2.75, 3.05) is 0 Å². The highest BCUT2D eigenvalue weighted by Gasteiger charge is 2.40. The molecule has 0 amide bonds. The molecule has 4 rings (SSSR count). The lowest BCUT2D eigenvalue weighted by Crippen LogP contribution is -2.32. The van der Waals surface area contributed by atoms with Gasteiger partial charge in [-0.25, -0.2) is 9.67 Å². The maximum atomic E-state index is 12.4. The Balaban J connectivity index is 1.88. The van der Waals surface area contributed by atoms with Crippen molar-refractivity contribution in [3.8, 4) is 0 Å². The highest BCUT2D eigenvalue weighted by molar-refractivity contribution is 5.81. The Kier molecular flexibility index (Phi) is 5.80. The van der Waals surface area contributed by atoms with Gasteiger partial charge in [-0.1, -0.05) is 29.5 Å². The Morgan fingerprint density at radius 2 is 1.97 bits per heavy atom. The van der Waals surface area contributed by atoms with Gasteiger partial charge in [0.25, 0.3) is 0 Å². The molecule has 0 aliphatic carbocycles. The zero-order valence-electron chi connectivity index (χ0n) is 19.7. The normalized spacial score (nSPS) is 12.9. The van der Waals surface area contributed by atoms with Crippen LogP contribution in [-0.2, 0) is 24.9 Å². The van der Waals surface area contributed by atoms with Gasteiger partial charge in [0.1, 0.15) is 11.3 Å². The fraction of sp³-hybridized carbons (Fsp3) is 0.360. The molecule has 0 radical (unpaired) electrons. The van der Waals surface area contributed by atoms with Crippen molar-refractivity contribution in [3.63, 3.8) is 0 Å². The maximum Gasteiger partial charge on any atom is 0.310 e. The van der Waals surface area contributed by atoms with Gasteiger partial charge >= 0.3 is 5.97 Å². The molecule has 0 spiro atoms. The largest absolute Gasteiger partial charge is 0.481 e. The van der Waals surface area contributed by atoms with Gasteiger partial charge in [-0.3, -0.25) is 4.79 Å². The molecule has 172 valence electrons. The summed E-state index contributed by atoms with van der Waals surface area (Å²) in [5.41, 5.74) is 11.6. The number of nitrogens with two attached hydrogens (primary N) is 1. The van der Waals surface area contributed by atoms with Gasteiger partial charge in [-0.2, -0.15) is 0 Å². The molecule has 2 heterocycles. The molecule has 0 fully saturated rings. The van der Waals surface area contributed by atoms with E-state index in [0.717, 1.165) is 44.7 Å². The summed E-state index contributed by atoms with van der Waals surface area (Å²) in [6.45, 7) is 8.59. The second-order valence-electron chi connectivity index (χ2n) is 9.18. The van der Waals surface area contributed by atoms with Gasteiger partial charge in [0, 0.05) is 31.9 Å². The van der Waals surface area contributed by atoms with E-state index in [1.54, 1.807) is 24.7 Å². The summed E-state index contributed by atoms with van der Waals surface area (Å²) in [7, 11) is 1.85. The summed E-state index contributed by atoms with van der Waals surface area (Å²) in [5.74, 6) is -0.419. The number of hydrogen-bond donors (Lipinski definition) is 2. The van der Waals surface area contributed by atoms with Gasteiger partial charge in [-0.15, -0.1) is 5.10 Å². The number of carboxylic acids is 1. The molecule has 0 bridgehead atoms. The summed E-state index contributed by atoms with van der Waals surface area (Å²) in [5, 5.41) is 18.7. The fourth-order valence-corrected chi connectivity index (χ4v) is 4.57. The second-order valence-corrected chi connectivity index (χ2v) is 9.18. The highest BCUT2D eigenvalue weighted by Crippen LogP contribution is 2.44. The SMILES string of the molecule is Cc1ccc(C(c2ccc3c(nnn3C)c2C)C(C)(C)C(=O)O)cc1Cn1ccnc1CN. The first kappa shape index (κ1) is 22.7. The van der Waals surface area contributed by atoms with Crippen LogP contribution < -0.4 is 5.73 Å². The molecule has 2 aromatic carbocycles. The average molecular weight is 447 g/mol. The van der Waals surface area contributed by atoms with Gasteiger partial charge in [-0.05, 0) is 61.6 Å². The van der Waals surface area contributed by atoms with Crippen LogP contribution in [0.3, 0.4) is 0 Å². The molecular formula is C25H30N6O2. The third-order valence-corrected chi connectivity index (χ3v) is 6.69. The van der Waals surface area contributed by atoms with Crippen molar-refractivity contribution in [1.82, 2.24) is 24.5 Å². The number of benzene rings is 2. The number of fused-ring (bicyclic) bond motifs is 1. The monoisotopic (exact) mass is 446 g/mol. The summed E-state index contributed by atoms with van der Waals surface area (Å²) in [4.78, 5) is 16.7. The maximum absolute atomic E-state index is 12.4. The first-order valence-electron chi connectivity index (χ1n) is 11.0. The number of hydrogen-bond acceptors (Lipinski definition) is 5. The molecule has 0 saturated carbocycles. The molecular weight excluding hydrogens is 416 g/mol. The Labute approximate surface area is 193 Å². The first-order valence-corrected chi connectivity index (χ1v) is 11.0. The number of rotatable bonds is 7. The Morgan fingerprint density at radius 3 is 2.67 bits per heavy atom. The molecule has 8 heteroatoms. The van der Waals surface area contributed by atoms with Crippen molar-refractivity contribution in [2.45, 2.75) is 46.7 Å². The third kappa shape index (κ3) is 3.91. The topological polar surface area (TPSA) is 112 Å². The molecule has 8 nitrogen and oxygen atoms in total. The third-order valence-electron chi connectivity index (χ3n) is 6.69. The molecule has 3 N–H and O–H groups in total. The number of nitrogens with zero attached hydrogens (tertiary/aromatic N) is 5. The minimum Gasteiger partial charge on any atom is -0.481 e. The van der Waals surface area contributed by atoms with E-state index < -0.39 is 11.4 Å². The number of aromatic nitrogens is 5. The average Bonchev–Trinajstić information content (AvgIpc) is 3.38. The standard InChI is InChI=1S/C25H30N6O2/c1-15-6-7-17(12-18(15)14-31-11-10-27-21(31)13-26)22(25(3,4)24(32)33)19-8-9-20-23(16(19)2)28-29-30(20)5/h6-12,22H,13-14,26H2,1-5H3,(H,32,33). The lowest BCUT2D eigenvalue weighted by Gasteiger charge is -2.33. The predicted molar refractivity (Wildman–Crippen MR) is 127 cm³/mol. The van der Waals surface area contributed by atoms with Crippen molar-refractivity contribution >= 4 is 17.0 Å². The lowest BCUT2D eigenvalue weighted by atomic mass is 9.69. The van der Waals surface area contributed by atoms with Gasteiger partial charge in [0.2, 0.25) is 0 Å². The van der Waals surface area contributed by atoms with Crippen molar-refractivity contribution in [1.29, 1.82) is 0 Å². The van der Waals surface area contributed by atoms with Crippen LogP contribution >= 0.6 is 0 Å². The minimum absolute atomic E-state index is 0.359. The smallest absolute Gasteiger partial charge is 0.310 e. The number of aryl methyl sites for hydroxylation is 3. The number of carbonyl (C=O) groups is 1. The first-order chi connectivity index (χ1) is 15.6. The molecule has 0 aliphatic heterocycles. The van der Waals surface area contributed by atoms with E-state index in [9.17, 15) is 9.90 Å². The predicted octanol–water partition coefficient (Wildman–Crippen LogP) is 3.53. The summed E-state index contributed by atoms with van der Waals surface area (Å²) in [6, 6.07) is 10.2. The van der Waals surface area contributed by atoms with Crippen molar-refractivity contribution < 1.29 is 9.90 Å². The number of aliphatic carboxylic acids is 1. The van der Waals surface area contributed by atoms with E-state index in [0.29, 0.717) is 13.1 Å². The van der Waals surface area contributed by atoms with Crippen molar-refractivity contribution in [2.24, 2.45) is 18.2 Å². The van der Waals surface area contributed by atoms with E-state index in [2.05, 4.69) is 34.4 Å². The summed E-state index contributed by atoms with van der Waals surface area (Å²) >= 11 is 0. The van der Waals surface area contributed by atoms with Crippen LogP contribution in [0, 0.1) is 19.3 Å². The molecule has 0 saturated heterocycles. The van der Waals surface area contributed by atoms with Crippen LogP contribution in [0.25, 0.3) is 11.0 Å². The van der Waals surface area contributed by atoms with Crippen LogP contribution in [0.5, 0.6) is 0 Å². The van der Waals surface area contributed by atoms with Crippen LogP contribution in [0.1, 0.15) is 53.4 Å². The zero-order chi connectivity index (χ0) is 23.9. The summed E-state index contributed by atoms with van der Waals surface area (Å²) in [6.07, 6.45) is 3.66. The number of imidazole rings is 1. The quantitative estimate of drug-likeness (QED) is 0.449. The highest BCUT2D eigenvalue weighted by atomic mass is 16.4. The Morgan fingerprint density at radius 1 is 1.21 bits per heavy atom. The molecule has 1 atom stereocenters. The van der Waals surface area contributed by atoms with E-state index in [4.69, 9.17) is 5.73 Å². The molecule has 2 aromatic heterocycles. The summed E-state index contributed by atoms with van der Waals surface area (Å²) < 4.78 is 3.76. The molecule has 4 aromatic rings. The number of carboxylic acid groups (broad SMARTS) is 1. The Bertz CT molecular complexity index is 1330. The fourth-order valence-electron chi connectivity index (χ4n) is 4.57. The molecule has 33 heavy (non-hydrogen) atoms. The zero-order valence-corrected chi connectivity index (χ0v) is 19.7. The van der Waals surface area contributed by atoms with E-state index in [1.165, 1.54) is 0 Å². The van der Waals surface area contributed by atoms with Gasteiger partial charge < -0.3 is 15.4 Å². The molecule has 1 unspecified atom stereocenters.